The van der Waals surface area contributed by atoms with E-state index in [9.17, 15) is 19.2 Å². The number of rotatable bonds is 4. The summed E-state index contributed by atoms with van der Waals surface area (Å²) in [7, 11) is 3.35. The smallest absolute Gasteiger partial charge is 0.253 e. The van der Waals surface area contributed by atoms with Crippen LogP contribution in [0.25, 0.3) is 0 Å². The van der Waals surface area contributed by atoms with E-state index in [0.717, 1.165) is 38.2 Å². The molecule has 10 heteroatoms. The number of piperidine rings is 2. The highest BCUT2D eigenvalue weighted by Crippen LogP contribution is 2.32. The van der Waals surface area contributed by atoms with Gasteiger partial charge in [-0.3, -0.25) is 24.1 Å². The lowest BCUT2D eigenvalue weighted by Gasteiger charge is -2.43. The number of ether oxygens (including phenoxy) is 1. The molecule has 1 spiro atoms. The van der Waals surface area contributed by atoms with E-state index < -0.39 is 5.54 Å². The molecule has 0 unspecified atom stereocenters. The van der Waals surface area contributed by atoms with Gasteiger partial charge in [-0.2, -0.15) is 0 Å². The maximum Gasteiger partial charge on any atom is 0.253 e. The Morgan fingerprint density at radius 3 is 2.48 bits per heavy atom. The first-order valence-corrected chi connectivity index (χ1v) is 15.7. The fourth-order valence-electron chi connectivity index (χ4n) is 6.96. The van der Waals surface area contributed by atoms with Crippen LogP contribution in [0.15, 0.2) is 54.6 Å². The third kappa shape index (κ3) is 7.96. The predicted molar refractivity (Wildman–Crippen MR) is 167 cm³/mol. The molecule has 0 aromatic heterocycles. The monoisotopic (exact) mass is 603 g/mol. The van der Waals surface area contributed by atoms with E-state index in [1.54, 1.807) is 31.2 Å². The maximum atomic E-state index is 13.3. The number of carbonyl (C=O) groups is 4. The van der Waals surface area contributed by atoms with Crippen LogP contribution in [-0.2, 0) is 20.9 Å². The number of nitrogens with zero attached hydrogens (tertiary/aromatic N) is 3. The van der Waals surface area contributed by atoms with Gasteiger partial charge in [0.1, 0.15) is 5.75 Å². The summed E-state index contributed by atoms with van der Waals surface area (Å²) < 4.78 is 5.40. The third-order valence-corrected chi connectivity index (χ3v) is 9.53. The van der Waals surface area contributed by atoms with E-state index in [-0.39, 0.29) is 48.4 Å². The molecule has 236 valence electrons. The summed E-state index contributed by atoms with van der Waals surface area (Å²) in [5.74, 6) is 0.799. The van der Waals surface area contributed by atoms with Crippen LogP contribution in [0.4, 0.5) is 0 Å². The van der Waals surface area contributed by atoms with Gasteiger partial charge in [-0.1, -0.05) is 30.3 Å². The molecule has 4 amide bonds. The van der Waals surface area contributed by atoms with Crippen molar-refractivity contribution in [3.8, 4) is 5.75 Å². The average Bonchev–Trinajstić information content (AvgIpc) is 3.02. The highest BCUT2D eigenvalue weighted by Gasteiger charge is 2.40. The molecule has 2 N–H and O–H groups in total. The molecule has 10 nitrogen and oxygen atoms in total. The second-order valence-electron chi connectivity index (χ2n) is 12.7. The Balaban J connectivity index is 1.25. The van der Waals surface area contributed by atoms with E-state index in [0.29, 0.717) is 44.5 Å². The van der Waals surface area contributed by atoms with Crippen LogP contribution in [0.5, 0.6) is 5.75 Å². The van der Waals surface area contributed by atoms with Crippen molar-refractivity contribution < 1.29 is 23.9 Å². The highest BCUT2D eigenvalue weighted by atomic mass is 16.5. The van der Waals surface area contributed by atoms with Gasteiger partial charge < -0.3 is 25.2 Å². The lowest BCUT2D eigenvalue weighted by Crippen LogP contribution is -2.59. The number of fused-ring (bicyclic) bond motifs is 1. The van der Waals surface area contributed by atoms with Gasteiger partial charge in [0, 0.05) is 58.2 Å². The average molecular weight is 604 g/mol. The minimum atomic E-state index is -0.774. The Hall–Kier alpha value is -3.92. The lowest BCUT2D eigenvalue weighted by atomic mass is 9.80. The minimum absolute atomic E-state index is 0.0326. The Morgan fingerprint density at radius 1 is 0.955 bits per heavy atom. The van der Waals surface area contributed by atoms with Crippen molar-refractivity contribution in [1.82, 2.24) is 25.3 Å². The molecule has 3 heterocycles. The van der Waals surface area contributed by atoms with Gasteiger partial charge in [-0.05, 0) is 73.9 Å². The molecule has 3 fully saturated rings. The zero-order valence-electron chi connectivity index (χ0n) is 25.9. The molecule has 2 atom stereocenters. The molecule has 0 radical (unpaired) electrons. The summed E-state index contributed by atoms with van der Waals surface area (Å²) in [4.78, 5) is 58.6. The van der Waals surface area contributed by atoms with Crippen molar-refractivity contribution in [2.75, 3.05) is 53.4 Å². The van der Waals surface area contributed by atoms with Gasteiger partial charge >= 0.3 is 0 Å². The summed E-state index contributed by atoms with van der Waals surface area (Å²) in [6.07, 6.45) is 3.12. The zero-order valence-corrected chi connectivity index (χ0v) is 25.9. The zero-order chi connectivity index (χ0) is 31.1. The number of hydrogen-bond donors (Lipinski definition) is 2. The molecule has 2 aromatic carbocycles. The second-order valence-corrected chi connectivity index (χ2v) is 12.7. The second kappa shape index (κ2) is 14.2. The topological polar surface area (TPSA) is 111 Å². The van der Waals surface area contributed by atoms with Crippen LogP contribution < -0.4 is 15.4 Å². The number of hydrogen-bond acceptors (Lipinski definition) is 6. The summed E-state index contributed by atoms with van der Waals surface area (Å²) in [5, 5.41) is 6.23. The molecule has 3 aliphatic heterocycles. The molecule has 0 aliphatic carbocycles. The number of carbonyl (C=O) groups excluding carboxylic acids is 4. The number of amides is 4. The number of methoxy groups -OCH3 is 1. The first kappa shape index (κ1) is 31.5. The summed E-state index contributed by atoms with van der Waals surface area (Å²) in [5.41, 5.74) is 1.03. The summed E-state index contributed by atoms with van der Waals surface area (Å²) in [6.45, 7) is 3.84. The number of likely N-dealkylation sites (tertiary alicyclic amines) is 2. The molecule has 44 heavy (non-hydrogen) atoms. The quantitative estimate of drug-likeness (QED) is 0.556. The van der Waals surface area contributed by atoms with E-state index in [4.69, 9.17) is 4.74 Å². The standard InChI is InChI=1S/C34H45N5O5/c1-37-24-31(41)36-34(13-17-39(18-14-34)33(43)26-8-4-3-5-9-26)21-30(40)35-15-11-28-23-38(16-12-27(28)20-32(37)42)22-25-7-6-10-29(19-25)44-2/h3-10,19,27-28H,11-18,20-24H2,1-2H3,(H,35,40)(H,36,41)/t27-,28-/m0/s1. The SMILES string of the molecule is COc1cccc(CN2CC[C@H]3CC(=O)N(C)CC(=O)NC4(CCN(C(=O)c5ccccc5)CC4)CC(=O)NCC[C@H]3C2)c1. The van der Waals surface area contributed by atoms with Crippen molar-refractivity contribution in [1.29, 1.82) is 0 Å². The predicted octanol–water partition coefficient (Wildman–Crippen LogP) is 2.68. The molecule has 0 bridgehead atoms. The van der Waals surface area contributed by atoms with Crippen LogP contribution in [0.2, 0.25) is 0 Å². The van der Waals surface area contributed by atoms with Gasteiger partial charge in [0.05, 0.1) is 19.2 Å². The molecular weight excluding hydrogens is 558 g/mol. The van der Waals surface area contributed by atoms with Crippen molar-refractivity contribution in [2.45, 2.75) is 50.6 Å². The van der Waals surface area contributed by atoms with Crippen LogP contribution >= 0.6 is 0 Å². The summed E-state index contributed by atoms with van der Waals surface area (Å²) >= 11 is 0. The van der Waals surface area contributed by atoms with E-state index in [1.165, 1.54) is 10.5 Å². The molecule has 2 aromatic rings. The van der Waals surface area contributed by atoms with Gasteiger partial charge in [0.15, 0.2) is 0 Å². The van der Waals surface area contributed by atoms with Crippen molar-refractivity contribution in [3.63, 3.8) is 0 Å². The minimum Gasteiger partial charge on any atom is -0.497 e. The van der Waals surface area contributed by atoms with E-state index in [1.807, 2.05) is 30.3 Å². The van der Waals surface area contributed by atoms with Crippen molar-refractivity contribution in [3.05, 3.63) is 65.7 Å². The molecule has 5 rings (SSSR count). The lowest BCUT2D eigenvalue weighted by molar-refractivity contribution is -0.137. The van der Waals surface area contributed by atoms with Crippen LogP contribution in [-0.4, -0.2) is 97.3 Å². The van der Waals surface area contributed by atoms with Crippen LogP contribution in [0.3, 0.4) is 0 Å². The van der Waals surface area contributed by atoms with Crippen LogP contribution in [0, 0.1) is 11.8 Å². The Kier molecular flexibility index (Phi) is 10.2. The normalized spacial score (nSPS) is 23.7. The number of nitrogens with one attached hydrogen (secondary N) is 2. The van der Waals surface area contributed by atoms with Gasteiger partial charge in [-0.15, -0.1) is 0 Å². The number of likely N-dealkylation sites (N-methyl/N-ethyl adjacent to an activating group) is 1. The fraction of sp³-hybridized carbons (Fsp3) is 0.529. The Labute approximate surface area is 260 Å². The number of benzene rings is 2. The Bertz CT molecular complexity index is 1330. The van der Waals surface area contributed by atoms with Crippen molar-refractivity contribution >= 4 is 23.6 Å². The third-order valence-electron chi connectivity index (χ3n) is 9.53. The first-order chi connectivity index (χ1) is 21.2. The van der Waals surface area contributed by atoms with Crippen LogP contribution in [0.1, 0.15) is 54.4 Å². The van der Waals surface area contributed by atoms with Crippen molar-refractivity contribution in [2.24, 2.45) is 11.8 Å². The largest absolute Gasteiger partial charge is 0.497 e. The van der Waals surface area contributed by atoms with Gasteiger partial charge in [0.2, 0.25) is 17.7 Å². The maximum absolute atomic E-state index is 13.3. The molecule has 3 saturated heterocycles. The van der Waals surface area contributed by atoms with Gasteiger partial charge in [0.25, 0.3) is 5.91 Å². The molecule has 0 saturated carbocycles. The summed E-state index contributed by atoms with van der Waals surface area (Å²) in [6, 6.07) is 17.2. The van der Waals surface area contributed by atoms with E-state index >= 15 is 0 Å². The first-order valence-electron chi connectivity index (χ1n) is 15.7. The Morgan fingerprint density at radius 2 is 1.73 bits per heavy atom. The molecule has 3 aliphatic rings. The highest BCUT2D eigenvalue weighted by molar-refractivity contribution is 5.94. The molecular formula is C34H45N5O5. The fourth-order valence-corrected chi connectivity index (χ4v) is 6.96. The van der Waals surface area contributed by atoms with Gasteiger partial charge in [-0.25, -0.2) is 0 Å². The van der Waals surface area contributed by atoms with E-state index in [2.05, 4.69) is 27.7 Å².